The number of hydrogen-bond acceptors (Lipinski definition) is 6. The summed E-state index contributed by atoms with van der Waals surface area (Å²) in [5, 5.41) is 15.0. The maximum atomic E-state index is 5.30. The topological polar surface area (TPSA) is 102 Å². The number of methoxy groups -OCH3 is 2. The van der Waals surface area contributed by atoms with E-state index in [4.69, 9.17) is 19.4 Å². The summed E-state index contributed by atoms with van der Waals surface area (Å²) in [4.78, 5) is 9.43. The average Bonchev–Trinajstić information content (AvgIpc) is 3.54. The smallest absolute Gasteiger partial charge is 0.181 e. The van der Waals surface area contributed by atoms with E-state index in [2.05, 4.69) is 20.4 Å². The number of aromatic amines is 2. The summed E-state index contributed by atoms with van der Waals surface area (Å²) in [6.07, 6.45) is 0. The highest BCUT2D eigenvalue weighted by atomic mass is 16.5. The Balaban J connectivity index is 1.43. The van der Waals surface area contributed by atoms with Gasteiger partial charge in [-0.2, -0.15) is 10.2 Å². The standard InChI is InChI=1S/C26H24N6O2/c1-15-12-19(33-3)8-10-21(15)25-27-23(29-31-25)17-6-5-7-18(14-17)24-28-26(32-30-24)22-11-9-20(34-4)13-16(22)2/h5-14H,1-4H3,(H,27,29,31)(H,28,30,32). The van der Waals surface area contributed by atoms with Crippen molar-refractivity contribution in [3.05, 3.63) is 71.8 Å². The summed E-state index contributed by atoms with van der Waals surface area (Å²) < 4.78 is 10.6. The van der Waals surface area contributed by atoms with E-state index in [-0.39, 0.29) is 0 Å². The molecule has 0 aliphatic heterocycles. The fourth-order valence-corrected chi connectivity index (χ4v) is 3.88. The van der Waals surface area contributed by atoms with Gasteiger partial charge in [-0.1, -0.05) is 18.2 Å². The van der Waals surface area contributed by atoms with Crippen LogP contribution in [-0.4, -0.2) is 44.6 Å². The Labute approximate surface area is 197 Å². The first kappa shape index (κ1) is 21.4. The first-order valence-corrected chi connectivity index (χ1v) is 10.8. The van der Waals surface area contributed by atoms with Crippen molar-refractivity contribution in [2.45, 2.75) is 13.8 Å². The monoisotopic (exact) mass is 452 g/mol. The maximum absolute atomic E-state index is 5.30. The Hall–Kier alpha value is -4.46. The van der Waals surface area contributed by atoms with Gasteiger partial charge in [0.05, 0.1) is 14.2 Å². The van der Waals surface area contributed by atoms with Crippen LogP contribution in [0.2, 0.25) is 0 Å². The lowest BCUT2D eigenvalue weighted by Gasteiger charge is -2.05. The minimum absolute atomic E-state index is 0.605. The molecule has 170 valence electrons. The van der Waals surface area contributed by atoms with Crippen LogP contribution < -0.4 is 9.47 Å². The molecule has 0 bridgehead atoms. The molecule has 5 rings (SSSR count). The van der Waals surface area contributed by atoms with Crippen molar-refractivity contribution < 1.29 is 9.47 Å². The number of benzene rings is 3. The highest BCUT2D eigenvalue weighted by Crippen LogP contribution is 2.29. The lowest BCUT2D eigenvalue weighted by molar-refractivity contribution is 0.414. The molecule has 0 radical (unpaired) electrons. The fourth-order valence-electron chi connectivity index (χ4n) is 3.88. The Morgan fingerprint density at radius 2 is 1.09 bits per heavy atom. The Morgan fingerprint density at radius 3 is 1.50 bits per heavy atom. The molecule has 2 heterocycles. The van der Waals surface area contributed by atoms with Crippen LogP contribution in [0.15, 0.2) is 60.7 Å². The molecular formula is C26H24N6O2. The molecule has 0 fully saturated rings. The Kier molecular flexibility index (Phi) is 5.55. The third-order valence-electron chi connectivity index (χ3n) is 5.73. The zero-order valence-electron chi connectivity index (χ0n) is 19.4. The van der Waals surface area contributed by atoms with E-state index >= 15 is 0 Å². The molecule has 0 aliphatic rings. The van der Waals surface area contributed by atoms with Gasteiger partial charge in [-0.05, 0) is 67.4 Å². The second-order valence-corrected chi connectivity index (χ2v) is 7.96. The van der Waals surface area contributed by atoms with Crippen molar-refractivity contribution in [2.75, 3.05) is 14.2 Å². The number of nitrogens with zero attached hydrogens (tertiary/aromatic N) is 4. The normalized spacial score (nSPS) is 10.9. The average molecular weight is 453 g/mol. The van der Waals surface area contributed by atoms with Gasteiger partial charge in [-0.3, -0.25) is 10.2 Å². The number of rotatable bonds is 6. The highest BCUT2D eigenvalue weighted by Gasteiger charge is 2.14. The zero-order valence-corrected chi connectivity index (χ0v) is 19.4. The van der Waals surface area contributed by atoms with Crippen molar-refractivity contribution in [3.63, 3.8) is 0 Å². The second-order valence-electron chi connectivity index (χ2n) is 7.96. The number of aromatic nitrogens is 6. The molecule has 2 aromatic heterocycles. The van der Waals surface area contributed by atoms with Crippen molar-refractivity contribution in [3.8, 4) is 57.1 Å². The molecule has 2 N–H and O–H groups in total. The van der Waals surface area contributed by atoms with E-state index in [1.54, 1.807) is 14.2 Å². The SMILES string of the molecule is COc1ccc(-c2nc(-c3cccc(-c4n[nH]c(-c5ccc(OC)cc5C)n4)c3)n[nH]2)c(C)c1. The van der Waals surface area contributed by atoms with Crippen LogP contribution in [0.3, 0.4) is 0 Å². The van der Waals surface area contributed by atoms with E-state index < -0.39 is 0 Å². The maximum Gasteiger partial charge on any atom is 0.181 e. The number of H-pyrrole nitrogens is 2. The fraction of sp³-hybridized carbons (Fsp3) is 0.154. The molecule has 5 aromatic rings. The van der Waals surface area contributed by atoms with Crippen molar-refractivity contribution in [2.24, 2.45) is 0 Å². The van der Waals surface area contributed by atoms with E-state index in [1.807, 2.05) is 74.5 Å². The summed E-state index contributed by atoms with van der Waals surface area (Å²) in [5.41, 5.74) is 5.81. The molecule has 0 amide bonds. The number of aryl methyl sites for hydroxylation is 2. The van der Waals surface area contributed by atoms with Gasteiger partial charge >= 0.3 is 0 Å². The summed E-state index contributed by atoms with van der Waals surface area (Å²) in [7, 11) is 3.31. The summed E-state index contributed by atoms with van der Waals surface area (Å²) >= 11 is 0. The van der Waals surface area contributed by atoms with E-state index in [0.29, 0.717) is 23.3 Å². The van der Waals surface area contributed by atoms with Crippen LogP contribution in [0.25, 0.3) is 45.6 Å². The molecule has 3 aromatic carbocycles. The van der Waals surface area contributed by atoms with Gasteiger partial charge in [0.1, 0.15) is 11.5 Å². The third-order valence-corrected chi connectivity index (χ3v) is 5.73. The molecule has 0 spiro atoms. The first-order chi connectivity index (χ1) is 16.6. The molecule has 8 heteroatoms. The molecule has 0 aliphatic carbocycles. The lowest BCUT2D eigenvalue weighted by atomic mass is 10.1. The predicted molar refractivity (Wildman–Crippen MR) is 131 cm³/mol. The van der Waals surface area contributed by atoms with Gasteiger partial charge < -0.3 is 9.47 Å². The van der Waals surface area contributed by atoms with Gasteiger partial charge in [-0.15, -0.1) is 0 Å². The zero-order chi connectivity index (χ0) is 23.7. The summed E-state index contributed by atoms with van der Waals surface area (Å²) in [6, 6.07) is 19.6. The highest BCUT2D eigenvalue weighted by molar-refractivity contribution is 5.70. The molecule has 8 nitrogen and oxygen atoms in total. The van der Waals surface area contributed by atoms with E-state index in [9.17, 15) is 0 Å². The minimum atomic E-state index is 0.605. The van der Waals surface area contributed by atoms with Crippen molar-refractivity contribution >= 4 is 0 Å². The molecule has 0 saturated heterocycles. The largest absolute Gasteiger partial charge is 0.497 e. The molecule has 34 heavy (non-hydrogen) atoms. The summed E-state index contributed by atoms with van der Waals surface area (Å²) in [6.45, 7) is 4.04. The second kappa shape index (κ2) is 8.82. The third kappa shape index (κ3) is 4.01. The van der Waals surface area contributed by atoms with Crippen LogP contribution in [0, 0.1) is 13.8 Å². The molecular weight excluding hydrogens is 428 g/mol. The first-order valence-electron chi connectivity index (χ1n) is 10.8. The van der Waals surface area contributed by atoms with E-state index in [0.717, 1.165) is 44.9 Å². The van der Waals surface area contributed by atoms with Gasteiger partial charge in [0, 0.05) is 22.3 Å². The number of ether oxygens (including phenoxy) is 2. The van der Waals surface area contributed by atoms with Crippen molar-refractivity contribution in [1.82, 2.24) is 30.4 Å². The number of hydrogen-bond donors (Lipinski definition) is 2. The van der Waals surface area contributed by atoms with Crippen LogP contribution in [-0.2, 0) is 0 Å². The summed E-state index contributed by atoms with van der Waals surface area (Å²) in [5.74, 6) is 4.24. The Bertz CT molecular complexity index is 1360. The van der Waals surface area contributed by atoms with Crippen LogP contribution in [0.4, 0.5) is 0 Å². The Morgan fingerprint density at radius 1 is 0.618 bits per heavy atom. The predicted octanol–water partition coefficient (Wildman–Crippen LogP) is 5.22. The van der Waals surface area contributed by atoms with Gasteiger partial charge in [0.2, 0.25) is 0 Å². The van der Waals surface area contributed by atoms with Crippen molar-refractivity contribution in [1.29, 1.82) is 0 Å². The van der Waals surface area contributed by atoms with Gasteiger partial charge in [-0.25, -0.2) is 9.97 Å². The van der Waals surface area contributed by atoms with Gasteiger partial charge in [0.15, 0.2) is 23.3 Å². The van der Waals surface area contributed by atoms with Crippen LogP contribution in [0.1, 0.15) is 11.1 Å². The quantitative estimate of drug-likeness (QED) is 0.366. The molecule has 0 atom stereocenters. The van der Waals surface area contributed by atoms with Gasteiger partial charge in [0.25, 0.3) is 0 Å². The lowest BCUT2D eigenvalue weighted by Crippen LogP contribution is -1.89. The molecule has 0 saturated carbocycles. The molecule has 0 unspecified atom stereocenters. The van der Waals surface area contributed by atoms with Crippen LogP contribution in [0.5, 0.6) is 11.5 Å². The van der Waals surface area contributed by atoms with Crippen LogP contribution >= 0.6 is 0 Å². The number of nitrogens with one attached hydrogen (secondary N) is 2. The minimum Gasteiger partial charge on any atom is -0.497 e. The van der Waals surface area contributed by atoms with E-state index in [1.165, 1.54) is 0 Å².